The lowest BCUT2D eigenvalue weighted by Gasteiger charge is -2.34. The van der Waals surface area contributed by atoms with Gasteiger partial charge in [0.05, 0.1) is 16.8 Å². The van der Waals surface area contributed by atoms with Crippen molar-refractivity contribution in [2.75, 3.05) is 31.9 Å². The lowest BCUT2D eigenvalue weighted by Crippen LogP contribution is -2.50. The van der Waals surface area contributed by atoms with E-state index in [0.717, 1.165) is 4.90 Å². The van der Waals surface area contributed by atoms with Crippen LogP contribution in [0.2, 0.25) is 5.02 Å². The van der Waals surface area contributed by atoms with Gasteiger partial charge in [-0.3, -0.25) is 9.59 Å². The molecule has 7 heteroatoms. The highest BCUT2D eigenvalue weighted by Gasteiger charge is 2.25. The second kappa shape index (κ2) is 8.45. The Labute approximate surface area is 155 Å². The fourth-order valence-electron chi connectivity index (χ4n) is 2.70. The Balaban J connectivity index is 1.42. The zero-order valence-corrected chi connectivity index (χ0v) is 15.3. The molecule has 2 amide bonds. The highest BCUT2D eigenvalue weighted by Crippen LogP contribution is 2.27. The maximum absolute atomic E-state index is 12.3. The van der Waals surface area contributed by atoms with Gasteiger partial charge in [0.2, 0.25) is 5.91 Å². The fraction of sp³-hybridized carbons (Fsp3) is 0.333. The Morgan fingerprint density at radius 2 is 1.80 bits per heavy atom. The predicted molar refractivity (Wildman–Crippen MR) is 98.0 cm³/mol. The molecule has 3 rings (SSSR count). The Morgan fingerprint density at radius 1 is 1.08 bits per heavy atom. The number of carbonyl (C=O) groups is 2. The summed E-state index contributed by atoms with van der Waals surface area (Å²) < 4.78 is 4.95. The molecule has 1 saturated heterocycles. The van der Waals surface area contributed by atoms with Crippen molar-refractivity contribution >= 4 is 35.2 Å². The number of hydrogen-bond acceptors (Lipinski definition) is 4. The Bertz CT molecular complexity index is 728. The molecule has 0 spiro atoms. The maximum atomic E-state index is 12.3. The number of hydrogen-bond donors (Lipinski definition) is 0. The number of benzene rings is 1. The topological polar surface area (TPSA) is 53.8 Å². The van der Waals surface area contributed by atoms with Gasteiger partial charge in [0, 0.05) is 43.2 Å². The molecule has 132 valence electrons. The monoisotopic (exact) mass is 378 g/mol. The summed E-state index contributed by atoms with van der Waals surface area (Å²) in [6.07, 6.45) is 3.40. The average Bonchev–Trinajstić information content (AvgIpc) is 3.17. The zero-order chi connectivity index (χ0) is 17.6. The summed E-state index contributed by atoms with van der Waals surface area (Å²) >= 11 is 7.70. The average molecular weight is 379 g/mol. The van der Waals surface area contributed by atoms with Gasteiger partial charge in [0.15, 0.2) is 0 Å². The Hall–Kier alpha value is -1.92. The van der Waals surface area contributed by atoms with Crippen molar-refractivity contribution in [3.8, 4) is 0 Å². The van der Waals surface area contributed by atoms with Gasteiger partial charge in [-0.05, 0) is 18.2 Å². The van der Waals surface area contributed by atoms with Crippen LogP contribution >= 0.6 is 23.4 Å². The minimum absolute atomic E-state index is 0.0462. The third-order valence-corrected chi connectivity index (χ3v) is 5.61. The van der Waals surface area contributed by atoms with E-state index in [2.05, 4.69) is 0 Å². The minimum atomic E-state index is -0.0462. The molecule has 1 aromatic carbocycles. The van der Waals surface area contributed by atoms with E-state index >= 15 is 0 Å². The van der Waals surface area contributed by atoms with Crippen molar-refractivity contribution in [3.05, 3.63) is 53.4 Å². The van der Waals surface area contributed by atoms with Crippen molar-refractivity contribution in [2.24, 2.45) is 0 Å². The second-order valence-electron chi connectivity index (χ2n) is 5.71. The van der Waals surface area contributed by atoms with Gasteiger partial charge in [-0.25, -0.2) is 0 Å². The van der Waals surface area contributed by atoms with E-state index in [1.165, 1.54) is 12.5 Å². The van der Waals surface area contributed by atoms with Gasteiger partial charge in [0.25, 0.3) is 5.91 Å². The fourth-order valence-corrected chi connectivity index (χ4v) is 3.87. The number of rotatable bonds is 5. The molecule has 0 N–H and O–H groups in total. The molecule has 1 aliphatic rings. The molecule has 0 atom stereocenters. The third kappa shape index (κ3) is 4.58. The first-order valence-electron chi connectivity index (χ1n) is 8.12. The van der Waals surface area contributed by atoms with Crippen LogP contribution in [0.3, 0.4) is 0 Å². The molecule has 1 aliphatic heterocycles. The van der Waals surface area contributed by atoms with Crippen LogP contribution in [0.5, 0.6) is 0 Å². The van der Waals surface area contributed by atoms with Gasteiger partial charge in [-0.1, -0.05) is 23.7 Å². The molecular formula is C18H19ClN2O3S. The molecule has 0 saturated carbocycles. The lowest BCUT2D eigenvalue weighted by atomic mass is 10.2. The molecular weight excluding hydrogens is 360 g/mol. The predicted octanol–water partition coefficient (Wildman–Crippen LogP) is 3.40. The van der Waals surface area contributed by atoms with Crippen LogP contribution in [0.25, 0.3) is 0 Å². The van der Waals surface area contributed by atoms with Crippen LogP contribution in [-0.2, 0) is 4.79 Å². The molecule has 0 radical (unpaired) electrons. The van der Waals surface area contributed by atoms with Crippen LogP contribution in [0.1, 0.15) is 16.8 Å². The molecule has 5 nitrogen and oxygen atoms in total. The van der Waals surface area contributed by atoms with Crippen LogP contribution < -0.4 is 0 Å². The quantitative estimate of drug-likeness (QED) is 0.748. The molecule has 0 unspecified atom stereocenters. The van der Waals surface area contributed by atoms with E-state index in [4.69, 9.17) is 16.0 Å². The largest absolute Gasteiger partial charge is 0.472 e. The summed E-state index contributed by atoms with van der Waals surface area (Å²) in [4.78, 5) is 29.2. The van der Waals surface area contributed by atoms with E-state index in [1.807, 2.05) is 29.2 Å². The number of piperazine rings is 1. The standard InChI is InChI=1S/C18H19ClN2O3S/c19-15-3-1-2-4-16(15)25-12-6-17(22)20-7-9-21(10-8-20)18(23)14-5-11-24-13-14/h1-5,11,13H,6-10,12H2. The van der Waals surface area contributed by atoms with Gasteiger partial charge < -0.3 is 14.2 Å². The summed E-state index contributed by atoms with van der Waals surface area (Å²) in [6.45, 7) is 2.24. The first-order chi connectivity index (χ1) is 12.1. The minimum Gasteiger partial charge on any atom is -0.472 e. The molecule has 25 heavy (non-hydrogen) atoms. The molecule has 1 fully saturated rings. The normalized spacial score (nSPS) is 14.6. The smallest absolute Gasteiger partial charge is 0.257 e. The lowest BCUT2D eigenvalue weighted by molar-refractivity contribution is -0.132. The number of carbonyl (C=O) groups excluding carboxylic acids is 2. The van der Waals surface area contributed by atoms with Crippen LogP contribution in [0.15, 0.2) is 52.2 Å². The van der Waals surface area contributed by atoms with Gasteiger partial charge in [-0.15, -0.1) is 11.8 Å². The Kier molecular flexibility index (Phi) is 6.04. The van der Waals surface area contributed by atoms with Gasteiger partial charge >= 0.3 is 0 Å². The van der Waals surface area contributed by atoms with Crippen LogP contribution in [0.4, 0.5) is 0 Å². The maximum Gasteiger partial charge on any atom is 0.257 e. The van der Waals surface area contributed by atoms with Crippen molar-refractivity contribution in [1.29, 1.82) is 0 Å². The molecule has 1 aromatic heterocycles. The van der Waals surface area contributed by atoms with Crippen molar-refractivity contribution in [1.82, 2.24) is 9.80 Å². The first kappa shape index (κ1) is 17.9. The van der Waals surface area contributed by atoms with Crippen LogP contribution in [-0.4, -0.2) is 53.5 Å². The van der Waals surface area contributed by atoms with Crippen molar-refractivity contribution < 1.29 is 14.0 Å². The third-order valence-electron chi connectivity index (χ3n) is 4.10. The van der Waals surface area contributed by atoms with Crippen LogP contribution in [0, 0.1) is 0 Å². The highest BCUT2D eigenvalue weighted by molar-refractivity contribution is 7.99. The number of thioether (sulfide) groups is 1. The van der Waals surface area contributed by atoms with Crippen molar-refractivity contribution in [3.63, 3.8) is 0 Å². The Morgan fingerprint density at radius 3 is 2.48 bits per heavy atom. The van der Waals surface area contributed by atoms with Gasteiger partial charge in [-0.2, -0.15) is 0 Å². The number of furan rings is 1. The first-order valence-corrected chi connectivity index (χ1v) is 9.48. The molecule has 0 aliphatic carbocycles. The van der Waals surface area contributed by atoms with Crippen molar-refractivity contribution in [2.45, 2.75) is 11.3 Å². The summed E-state index contributed by atoms with van der Waals surface area (Å²) in [5.41, 5.74) is 0.552. The molecule has 2 aromatic rings. The summed E-state index contributed by atoms with van der Waals surface area (Å²) in [7, 11) is 0. The van der Waals surface area contributed by atoms with E-state index in [-0.39, 0.29) is 11.8 Å². The van der Waals surface area contributed by atoms with E-state index in [1.54, 1.807) is 22.7 Å². The molecule has 2 heterocycles. The summed E-state index contributed by atoms with van der Waals surface area (Å²) in [5, 5.41) is 0.714. The van der Waals surface area contributed by atoms with E-state index < -0.39 is 0 Å². The summed E-state index contributed by atoms with van der Waals surface area (Å²) in [6, 6.07) is 9.29. The zero-order valence-electron chi connectivity index (χ0n) is 13.7. The van der Waals surface area contributed by atoms with E-state index in [0.29, 0.717) is 48.9 Å². The number of nitrogens with zero attached hydrogens (tertiary/aromatic N) is 2. The van der Waals surface area contributed by atoms with E-state index in [9.17, 15) is 9.59 Å². The number of amides is 2. The SMILES string of the molecule is O=C(CCSc1ccccc1Cl)N1CCN(C(=O)c2ccoc2)CC1. The highest BCUT2D eigenvalue weighted by atomic mass is 35.5. The number of halogens is 1. The summed E-state index contributed by atoms with van der Waals surface area (Å²) in [5.74, 6) is 0.765. The molecule has 0 bridgehead atoms. The van der Waals surface area contributed by atoms with Gasteiger partial charge in [0.1, 0.15) is 6.26 Å². The second-order valence-corrected chi connectivity index (χ2v) is 7.26.